The lowest BCUT2D eigenvalue weighted by molar-refractivity contribution is 0.212. The van der Waals surface area contributed by atoms with Gasteiger partial charge >= 0.3 is 6.03 Å². The number of rotatable bonds is 5. The number of anilines is 1. The number of carbonyl (C=O) groups excluding carboxylic acids is 1. The Kier molecular flexibility index (Phi) is 4.81. The van der Waals surface area contributed by atoms with Gasteiger partial charge in [0.2, 0.25) is 0 Å². The Hall–Kier alpha value is -2.50. The minimum atomic E-state index is -0.275. The van der Waals surface area contributed by atoms with Gasteiger partial charge in [0.1, 0.15) is 11.9 Å². The number of hydrogen-bond acceptors (Lipinski definition) is 3. The van der Waals surface area contributed by atoms with E-state index in [0.717, 1.165) is 11.3 Å². The molecule has 21 heavy (non-hydrogen) atoms. The topological polar surface area (TPSA) is 68.2 Å². The summed E-state index contributed by atoms with van der Waals surface area (Å²) in [5, 5.41) is 9.44. The van der Waals surface area contributed by atoms with E-state index in [-0.39, 0.29) is 12.1 Å². The Balaban J connectivity index is 1.75. The van der Waals surface area contributed by atoms with E-state index in [1.54, 1.807) is 24.1 Å². The summed E-state index contributed by atoms with van der Waals surface area (Å²) >= 11 is 0. The molecule has 0 saturated carbocycles. The number of benzene rings is 1. The predicted molar refractivity (Wildman–Crippen MR) is 81.5 cm³/mol. The third-order valence-electron chi connectivity index (χ3n) is 2.84. The van der Waals surface area contributed by atoms with Gasteiger partial charge in [-0.3, -0.25) is 4.68 Å². The molecule has 6 nitrogen and oxygen atoms in total. The summed E-state index contributed by atoms with van der Waals surface area (Å²) in [5.74, 6) is 0.803. The maximum absolute atomic E-state index is 11.7. The standard InChI is InChI=1S/C15H20N4O2/c1-11-5-4-6-14(7-11)21-12(2)8-16-15(20)18-13-9-17-19(3)10-13/h4-7,9-10,12H,8H2,1-3H3,(H2,16,18,20). The monoisotopic (exact) mass is 288 g/mol. The fourth-order valence-electron chi connectivity index (χ4n) is 1.86. The van der Waals surface area contributed by atoms with Gasteiger partial charge in [0, 0.05) is 13.2 Å². The zero-order valence-electron chi connectivity index (χ0n) is 12.5. The van der Waals surface area contributed by atoms with Gasteiger partial charge in [0.05, 0.1) is 18.4 Å². The maximum atomic E-state index is 11.7. The fraction of sp³-hybridized carbons (Fsp3) is 0.333. The molecule has 6 heteroatoms. The second-order valence-electron chi connectivity index (χ2n) is 4.98. The van der Waals surface area contributed by atoms with Gasteiger partial charge in [0.25, 0.3) is 0 Å². The summed E-state index contributed by atoms with van der Waals surface area (Å²) in [6.45, 7) is 4.34. The number of aryl methyl sites for hydroxylation is 2. The van der Waals surface area contributed by atoms with Crippen LogP contribution in [0, 0.1) is 6.92 Å². The van der Waals surface area contributed by atoms with Crippen LogP contribution in [0.1, 0.15) is 12.5 Å². The summed E-state index contributed by atoms with van der Waals surface area (Å²) in [5.41, 5.74) is 1.80. The zero-order valence-corrected chi connectivity index (χ0v) is 12.5. The first kappa shape index (κ1) is 14.9. The first-order valence-corrected chi connectivity index (χ1v) is 6.80. The van der Waals surface area contributed by atoms with Crippen molar-refractivity contribution in [3.8, 4) is 5.75 Å². The lowest BCUT2D eigenvalue weighted by Crippen LogP contribution is -2.36. The number of carbonyl (C=O) groups is 1. The fourth-order valence-corrected chi connectivity index (χ4v) is 1.86. The summed E-state index contributed by atoms with van der Waals surface area (Å²) < 4.78 is 7.37. The van der Waals surface area contributed by atoms with Crippen LogP contribution in [0.3, 0.4) is 0 Å². The van der Waals surface area contributed by atoms with Crippen LogP contribution in [0.2, 0.25) is 0 Å². The highest BCUT2D eigenvalue weighted by Crippen LogP contribution is 2.13. The Morgan fingerprint density at radius 3 is 2.95 bits per heavy atom. The van der Waals surface area contributed by atoms with E-state index in [9.17, 15) is 4.79 Å². The van der Waals surface area contributed by atoms with Crippen LogP contribution in [0.4, 0.5) is 10.5 Å². The van der Waals surface area contributed by atoms with Crippen molar-refractivity contribution in [2.24, 2.45) is 7.05 Å². The van der Waals surface area contributed by atoms with E-state index >= 15 is 0 Å². The van der Waals surface area contributed by atoms with Crippen LogP contribution in [0.25, 0.3) is 0 Å². The Morgan fingerprint density at radius 1 is 1.48 bits per heavy atom. The van der Waals surface area contributed by atoms with E-state index in [1.807, 2.05) is 38.1 Å². The van der Waals surface area contributed by atoms with Crippen molar-refractivity contribution < 1.29 is 9.53 Å². The average molecular weight is 288 g/mol. The summed E-state index contributed by atoms with van der Waals surface area (Å²) in [6.07, 6.45) is 3.20. The van der Waals surface area contributed by atoms with E-state index in [4.69, 9.17) is 4.74 Å². The van der Waals surface area contributed by atoms with Crippen LogP contribution < -0.4 is 15.4 Å². The maximum Gasteiger partial charge on any atom is 0.319 e. The van der Waals surface area contributed by atoms with Crippen molar-refractivity contribution >= 4 is 11.7 Å². The zero-order chi connectivity index (χ0) is 15.2. The summed E-state index contributed by atoms with van der Waals surface area (Å²) in [4.78, 5) is 11.7. The quantitative estimate of drug-likeness (QED) is 0.887. The normalized spacial score (nSPS) is 11.8. The molecule has 0 aliphatic heterocycles. The highest BCUT2D eigenvalue weighted by Gasteiger charge is 2.08. The molecule has 1 aromatic carbocycles. The van der Waals surface area contributed by atoms with E-state index in [2.05, 4.69) is 15.7 Å². The first-order chi connectivity index (χ1) is 10.0. The molecule has 2 amide bonds. The Labute approximate surface area is 124 Å². The molecule has 0 fully saturated rings. The van der Waals surface area contributed by atoms with E-state index in [1.165, 1.54) is 0 Å². The number of ether oxygens (including phenoxy) is 1. The molecular weight excluding hydrogens is 268 g/mol. The van der Waals surface area contributed by atoms with Gasteiger partial charge in [-0.05, 0) is 31.5 Å². The highest BCUT2D eigenvalue weighted by atomic mass is 16.5. The van der Waals surface area contributed by atoms with Gasteiger partial charge in [-0.1, -0.05) is 12.1 Å². The van der Waals surface area contributed by atoms with Crippen molar-refractivity contribution in [3.05, 3.63) is 42.2 Å². The second-order valence-corrected chi connectivity index (χ2v) is 4.98. The van der Waals surface area contributed by atoms with Gasteiger partial charge < -0.3 is 15.4 Å². The number of hydrogen-bond donors (Lipinski definition) is 2. The Bertz CT molecular complexity index is 609. The molecule has 0 saturated heterocycles. The molecule has 112 valence electrons. The number of nitrogens with zero attached hydrogens (tertiary/aromatic N) is 2. The molecule has 2 N–H and O–H groups in total. The molecule has 0 aliphatic carbocycles. The van der Waals surface area contributed by atoms with Crippen LogP contribution in [0.5, 0.6) is 5.75 Å². The van der Waals surface area contributed by atoms with Crippen LogP contribution in [-0.2, 0) is 7.05 Å². The summed E-state index contributed by atoms with van der Waals surface area (Å²) in [7, 11) is 1.79. The first-order valence-electron chi connectivity index (χ1n) is 6.80. The van der Waals surface area contributed by atoms with Crippen LogP contribution >= 0.6 is 0 Å². The highest BCUT2D eigenvalue weighted by molar-refractivity contribution is 5.88. The SMILES string of the molecule is Cc1cccc(OC(C)CNC(=O)Nc2cnn(C)c2)c1. The van der Waals surface area contributed by atoms with Gasteiger partial charge in [0.15, 0.2) is 0 Å². The van der Waals surface area contributed by atoms with Gasteiger partial charge in [-0.15, -0.1) is 0 Å². The lowest BCUT2D eigenvalue weighted by atomic mass is 10.2. The molecule has 0 spiro atoms. The molecule has 1 atom stereocenters. The van der Waals surface area contributed by atoms with Crippen molar-refractivity contribution in [1.29, 1.82) is 0 Å². The molecule has 1 aromatic heterocycles. The largest absolute Gasteiger partial charge is 0.489 e. The molecule has 0 aliphatic rings. The average Bonchev–Trinajstić information content (AvgIpc) is 2.82. The predicted octanol–water partition coefficient (Wildman–Crippen LogP) is 2.32. The number of aromatic nitrogens is 2. The van der Waals surface area contributed by atoms with Crippen molar-refractivity contribution in [3.63, 3.8) is 0 Å². The number of nitrogens with one attached hydrogen (secondary N) is 2. The van der Waals surface area contributed by atoms with Crippen molar-refractivity contribution in [2.45, 2.75) is 20.0 Å². The van der Waals surface area contributed by atoms with Crippen molar-refractivity contribution in [2.75, 3.05) is 11.9 Å². The lowest BCUT2D eigenvalue weighted by Gasteiger charge is -2.15. The molecule has 0 bridgehead atoms. The molecule has 2 aromatic rings. The Morgan fingerprint density at radius 2 is 2.29 bits per heavy atom. The molecule has 2 rings (SSSR count). The summed E-state index contributed by atoms with van der Waals surface area (Å²) in [6, 6.07) is 7.55. The third-order valence-corrected chi connectivity index (χ3v) is 2.84. The molecule has 0 radical (unpaired) electrons. The van der Waals surface area contributed by atoms with E-state index in [0.29, 0.717) is 12.2 Å². The molecule has 1 heterocycles. The minimum absolute atomic E-state index is 0.119. The molecule has 1 unspecified atom stereocenters. The third kappa shape index (κ3) is 4.83. The smallest absolute Gasteiger partial charge is 0.319 e. The van der Waals surface area contributed by atoms with Crippen molar-refractivity contribution in [1.82, 2.24) is 15.1 Å². The minimum Gasteiger partial charge on any atom is -0.489 e. The molecular formula is C15H20N4O2. The number of amides is 2. The number of urea groups is 1. The second kappa shape index (κ2) is 6.78. The van der Waals surface area contributed by atoms with Crippen LogP contribution in [0.15, 0.2) is 36.7 Å². The van der Waals surface area contributed by atoms with Crippen LogP contribution in [-0.4, -0.2) is 28.5 Å². The van der Waals surface area contributed by atoms with Gasteiger partial charge in [-0.2, -0.15) is 5.10 Å². The van der Waals surface area contributed by atoms with Gasteiger partial charge in [-0.25, -0.2) is 4.79 Å². The van der Waals surface area contributed by atoms with E-state index < -0.39 is 0 Å².